The Morgan fingerprint density at radius 2 is 1.73 bits per heavy atom. The third kappa shape index (κ3) is 6.37. The van der Waals surface area contributed by atoms with E-state index < -0.39 is 5.97 Å². The molecule has 7 heteroatoms. The Hall–Kier alpha value is -2.60. The molecule has 0 spiro atoms. The van der Waals surface area contributed by atoms with E-state index in [1.54, 1.807) is 24.3 Å². The van der Waals surface area contributed by atoms with Crippen LogP contribution in [0.3, 0.4) is 0 Å². The monoisotopic (exact) mass is 379 g/mol. The molecule has 0 heterocycles. The van der Waals surface area contributed by atoms with Gasteiger partial charge in [-0.3, -0.25) is 9.59 Å². The highest BCUT2D eigenvalue weighted by atomic mass is 35.5. The van der Waals surface area contributed by atoms with Gasteiger partial charge in [0.25, 0.3) is 0 Å². The van der Waals surface area contributed by atoms with E-state index in [0.29, 0.717) is 10.8 Å². The van der Waals surface area contributed by atoms with Crippen LogP contribution < -0.4 is 4.74 Å². The molecule has 0 unspecified atom stereocenters. The largest absolute Gasteiger partial charge is 0.493 e. The standard InChI is InChI=1S/C19H19ClFNO4/c1-25-19(24)13-22(12-14-2-4-15(20)5-3-14)18(23)10-11-26-17-8-6-16(21)7-9-17/h2-9H,10-13H2,1H3. The average molecular weight is 380 g/mol. The predicted molar refractivity (Wildman–Crippen MR) is 95.4 cm³/mol. The topological polar surface area (TPSA) is 55.8 Å². The molecular weight excluding hydrogens is 361 g/mol. The summed E-state index contributed by atoms with van der Waals surface area (Å²) >= 11 is 5.86. The first-order valence-electron chi connectivity index (χ1n) is 7.95. The van der Waals surface area contributed by atoms with Crippen LogP contribution in [0.5, 0.6) is 5.75 Å². The van der Waals surface area contributed by atoms with Crippen molar-refractivity contribution in [1.82, 2.24) is 4.90 Å². The second-order valence-electron chi connectivity index (χ2n) is 5.50. The van der Waals surface area contributed by atoms with Gasteiger partial charge in [0.05, 0.1) is 20.1 Å². The zero-order valence-corrected chi connectivity index (χ0v) is 15.0. The Kier molecular flexibility index (Phi) is 7.41. The minimum atomic E-state index is -0.508. The second-order valence-corrected chi connectivity index (χ2v) is 5.94. The molecule has 138 valence electrons. The lowest BCUT2D eigenvalue weighted by molar-refractivity contribution is -0.147. The summed E-state index contributed by atoms with van der Waals surface area (Å²) < 4.78 is 22.9. The van der Waals surface area contributed by atoms with Gasteiger partial charge in [0.2, 0.25) is 5.91 Å². The van der Waals surface area contributed by atoms with Gasteiger partial charge in [-0.1, -0.05) is 23.7 Å². The fourth-order valence-electron chi connectivity index (χ4n) is 2.21. The molecule has 2 aromatic carbocycles. The number of hydrogen-bond acceptors (Lipinski definition) is 4. The van der Waals surface area contributed by atoms with E-state index in [4.69, 9.17) is 16.3 Å². The molecule has 0 aliphatic carbocycles. The molecule has 0 radical (unpaired) electrons. The summed E-state index contributed by atoms with van der Waals surface area (Å²) in [6.07, 6.45) is 0.0714. The first kappa shape index (κ1) is 19.7. The van der Waals surface area contributed by atoms with Crippen LogP contribution in [0.25, 0.3) is 0 Å². The predicted octanol–water partition coefficient (Wildman–Crippen LogP) is 3.45. The Bertz CT molecular complexity index is 734. The second kappa shape index (κ2) is 9.77. The molecule has 0 saturated carbocycles. The zero-order valence-electron chi connectivity index (χ0n) is 14.3. The summed E-state index contributed by atoms with van der Waals surface area (Å²) in [6, 6.07) is 12.5. The van der Waals surface area contributed by atoms with Gasteiger partial charge in [-0.25, -0.2) is 4.39 Å². The van der Waals surface area contributed by atoms with Gasteiger partial charge in [0.15, 0.2) is 0 Å². The Balaban J connectivity index is 1.94. The highest BCUT2D eigenvalue weighted by molar-refractivity contribution is 6.30. The molecular formula is C19H19ClFNO4. The van der Waals surface area contributed by atoms with Crippen LogP contribution in [-0.2, 0) is 20.9 Å². The Morgan fingerprint density at radius 1 is 1.08 bits per heavy atom. The van der Waals surface area contributed by atoms with Crippen molar-refractivity contribution in [2.24, 2.45) is 0 Å². The van der Waals surface area contributed by atoms with E-state index in [9.17, 15) is 14.0 Å². The summed E-state index contributed by atoms with van der Waals surface area (Å²) in [7, 11) is 1.27. The first-order chi connectivity index (χ1) is 12.5. The van der Waals surface area contributed by atoms with Crippen molar-refractivity contribution in [3.63, 3.8) is 0 Å². The van der Waals surface area contributed by atoms with Gasteiger partial charge in [0.1, 0.15) is 18.1 Å². The van der Waals surface area contributed by atoms with Gasteiger partial charge < -0.3 is 14.4 Å². The van der Waals surface area contributed by atoms with Crippen LogP contribution in [0.15, 0.2) is 48.5 Å². The number of carbonyl (C=O) groups is 2. The van der Waals surface area contributed by atoms with Crippen molar-refractivity contribution in [2.45, 2.75) is 13.0 Å². The third-order valence-corrected chi connectivity index (χ3v) is 3.84. The number of ether oxygens (including phenoxy) is 2. The third-order valence-electron chi connectivity index (χ3n) is 3.59. The molecule has 26 heavy (non-hydrogen) atoms. The lowest BCUT2D eigenvalue weighted by Crippen LogP contribution is -2.36. The lowest BCUT2D eigenvalue weighted by atomic mass is 10.2. The SMILES string of the molecule is COC(=O)CN(Cc1ccc(Cl)cc1)C(=O)CCOc1ccc(F)cc1. The van der Waals surface area contributed by atoms with E-state index >= 15 is 0 Å². The van der Waals surface area contributed by atoms with Crippen molar-refractivity contribution in [3.8, 4) is 5.75 Å². The molecule has 1 amide bonds. The van der Waals surface area contributed by atoms with Gasteiger partial charge in [-0.2, -0.15) is 0 Å². The Labute approximate surface area is 156 Å². The summed E-state index contributed by atoms with van der Waals surface area (Å²) in [5, 5.41) is 0.590. The van der Waals surface area contributed by atoms with Crippen LogP contribution in [0.4, 0.5) is 4.39 Å². The molecule has 0 aliphatic rings. The van der Waals surface area contributed by atoms with Crippen LogP contribution >= 0.6 is 11.6 Å². The number of amides is 1. The van der Waals surface area contributed by atoms with E-state index in [1.165, 1.54) is 36.3 Å². The van der Waals surface area contributed by atoms with E-state index in [-0.39, 0.29) is 37.8 Å². The Morgan fingerprint density at radius 3 is 2.35 bits per heavy atom. The van der Waals surface area contributed by atoms with Crippen LogP contribution in [0.2, 0.25) is 5.02 Å². The molecule has 2 aromatic rings. The fourth-order valence-corrected chi connectivity index (χ4v) is 2.33. The summed E-state index contributed by atoms with van der Waals surface area (Å²) in [5.41, 5.74) is 0.839. The molecule has 0 atom stereocenters. The number of halogens is 2. The molecule has 0 saturated heterocycles. The number of carbonyl (C=O) groups excluding carboxylic acids is 2. The van der Waals surface area contributed by atoms with Crippen molar-refractivity contribution in [1.29, 1.82) is 0 Å². The normalized spacial score (nSPS) is 10.3. The smallest absolute Gasteiger partial charge is 0.325 e. The van der Waals surface area contributed by atoms with E-state index in [1.807, 2.05) is 0 Å². The molecule has 0 aliphatic heterocycles. The van der Waals surface area contributed by atoms with Crippen LogP contribution in [0.1, 0.15) is 12.0 Å². The zero-order chi connectivity index (χ0) is 18.9. The first-order valence-corrected chi connectivity index (χ1v) is 8.33. The maximum Gasteiger partial charge on any atom is 0.325 e. The maximum absolute atomic E-state index is 12.9. The van der Waals surface area contributed by atoms with Gasteiger partial charge >= 0.3 is 5.97 Å². The summed E-state index contributed by atoms with van der Waals surface area (Å²) in [4.78, 5) is 25.4. The maximum atomic E-state index is 12.9. The molecule has 5 nitrogen and oxygen atoms in total. The van der Waals surface area contributed by atoms with E-state index in [0.717, 1.165) is 5.56 Å². The highest BCUT2D eigenvalue weighted by Crippen LogP contribution is 2.14. The van der Waals surface area contributed by atoms with Crippen molar-refractivity contribution in [2.75, 3.05) is 20.3 Å². The van der Waals surface area contributed by atoms with Crippen molar-refractivity contribution >= 4 is 23.5 Å². The fraction of sp³-hybridized carbons (Fsp3) is 0.263. The number of nitrogens with zero attached hydrogens (tertiary/aromatic N) is 1. The molecule has 0 fully saturated rings. The quantitative estimate of drug-likeness (QED) is 0.659. The number of esters is 1. The van der Waals surface area contributed by atoms with Gasteiger partial charge in [-0.15, -0.1) is 0 Å². The van der Waals surface area contributed by atoms with Gasteiger partial charge in [0, 0.05) is 11.6 Å². The van der Waals surface area contributed by atoms with Crippen molar-refractivity contribution in [3.05, 3.63) is 64.9 Å². The van der Waals surface area contributed by atoms with Crippen molar-refractivity contribution < 1.29 is 23.5 Å². The number of rotatable bonds is 8. The minimum Gasteiger partial charge on any atom is -0.493 e. The average Bonchev–Trinajstić information content (AvgIpc) is 2.64. The minimum absolute atomic E-state index is 0.0714. The van der Waals surface area contributed by atoms with Crippen LogP contribution in [0, 0.1) is 5.82 Å². The van der Waals surface area contributed by atoms with E-state index in [2.05, 4.69) is 4.74 Å². The molecule has 0 bridgehead atoms. The van der Waals surface area contributed by atoms with Crippen LogP contribution in [-0.4, -0.2) is 37.0 Å². The number of methoxy groups -OCH3 is 1. The molecule has 2 rings (SSSR count). The summed E-state index contributed by atoms with van der Waals surface area (Å²) in [6.45, 7) is 0.207. The number of hydrogen-bond donors (Lipinski definition) is 0. The summed E-state index contributed by atoms with van der Waals surface area (Å²) in [5.74, 6) is -0.656. The molecule has 0 aromatic heterocycles. The number of benzene rings is 2. The highest BCUT2D eigenvalue weighted by Gasteiger charge is 2.18. The lowest BCUT2D eigenvalue weighted by Gasteiger charge is -2.22. The molecule has 0 N–H and O–H groups in total. The van der Waals surface area contributed by atoms with Gasteiger partial charge in [-0.05, 0) is 42.0 Å².